The normalized spacial score (nSPS) is 10.6. The molecule has 4 heterocycles. The van der Waals surface area contributed by atoms with E-state index in [4.69, 9.17) is 4.42 Å². The fraction of sp³-hybridized carbons (Fsp3) is 0.129. The van der Waals surface area contributed by atoms with Crippen LogP contribution in [-0.4, -0.2) is 15.0 Å². The summed E-state index contributed by atoms with van der Waals surface area (Å²) in [5.41, 5.74) is 10.1. The maximum atomic E-state index is 5.89. The van der Waals surface area contributed by atoms with Gasteiger partial charge in [-0.2, -0.15) is 0 Å². The van der Waals surface area contributed by atoms with Crippen molar-refractivity contribution in [2.24, 2.45) is 0 Å². The molecule has 0 atom stereocenters. The minimum absolute atomic E-state index is 0. The summed E-state index contributed by atoms with van der Waals surface area (Å²) in [6, 6.07) is 26.6. The van der Waals surface area contributed by atoms with Gasteiger partial charge < -0.3 is 14.4 Å². The van der Waals surface area contributed by atoms with Crippen molar-refractivity contribution in [2.45, 2.75) is 27.7 Å². The van der Waals surface area contributed by atoms with Gasteiger partial charge in [-0.15, -0.1) is 53.6 Å². The van der Waals surface area contributed by atoms with E-state index in [-0.39, 0.29) is 20.1 Å². The molecule has 0 unspecified atom stereocenters. The molecule has 2 aromatic carbocycles. The van der Waals surface area contributed by atoms with Gasteiger partial charge in [0, 0.05) is 44.1 Å². The van der Waals surface area contributed by atoms with Crippen LogP contribution in [0.5, 0.6) is 0 Å². The van der Waals surface area contributed by atoms with Crippen molar-refractivity contribution in [3.63, 3.8) is 0 Å². The molecule has 0 aliphatic carbocycles. The predicted octanol–water partition coefficient (Wildman–Crippen LogP) is 7.62. The zero-order chi connectivity index (χ0) is 24.4. The number of rotatable bonds is 2. The molecule has 0 bridgehead atoms. The van der Waals surface area contributed by atoms with E-state index in [1.165, 1.54) is 16.7 Å². The predicted molar refractivity (Wildman–Crippen MR) is 141 cm³/mol. The molecule has 0 fully saturated rings. The first-order valence-corrected chi connectivity index (χ1v) is 11.5. The second kappa shape index (κ2) is 10.9. The Kier molecular flexibility index (Phi) is 7.73. The Labute approximate surface area is 224 Å². The third-order valence-corrected chi connectivity index (χ3v) is 5.99. The Bertz CT molecular complexity index is 1620. The van der Waals surface area contributed by atoms with Crippen LogP contribution >= 0.6 is 0 Å². The van der Waals surface area contributed by atoms with Gasteiger partial charge in [0.1, 0.15) is 0 Å². The summed E-state index contributed by atoms with van der Waals surface area (Å²) in [4.78, 5) is 13.1. The van der Waals surface area contributed by atoms with Crippen molar-refractivity contribution in [2.75, 3.05) is 0 Å². The fourth-order valence-electron chi connectivity index (χ4n) is 3.82. The number of hydrogen-bond donors (Lipinski definition) is 0. The van der Waals surface area contributed by atoms with Crippen LogP contribution in [0, 0.1) is 39.8 Å². The summed E-state index contributed by atoms with van der Waals surface area (Å²) < 4.78 is 5.89. The van der Waals surface area contributed by atoms with Crippen molar-refractivity contribution in [3.05, 3.63) is 114 Å². The van der Waals surface area contributed by atoms with Crippen LogP contribution in [0.4, 0.5) is 0 Å². The van der Waals surface area contributed by atoms with E-state index >= 15 is 0 Å². The zero-order valence-corrected chi connectivity index (χ0v) is 23.0. The topological polar surface area (TPSA) is 51.8 Å². The van der Waals surface area contributed by atoms with Crippen molar-refractivity contribution in [1.82, 2.24) is 15.0 Å². The van der Waals surface area contributed by atoms with Crippen LogP contribution < -0.4 is 0 Å². The SMILES string of the molecule is Cc1c[c-]c(-c2cc(C)c(C)cn2)cc1.Cc1ccc(-c2[c-]ccc3c2oc2ncccc23)nc1.[Ir]. The molecule has 0 aliphatic heterocycles. The molecule has 0 amide bonds. The van der Waals surface area contributed by atoms with Crippen LogP contribution in [0.3, 0.4) is 0 Å². The third kappa shape index (κ3) is 5.28. The molecule has 6 rings (SSSR count). The number of aryl methyl sites for hydroxylation is 4. The Balaban J connectivity index is 0.000000172. The van der Waals surface area contributed by atoms with Gasteiger partial charge in [0.25, 0.3) is 0 Å². The van der Waals surface area contributed by atoms with E-state index in [2.05, 4.69) is 66.1 Å². The van der Waals surface area contributed by atoms with Crippen LogP contribution in [0.1, 0.15) is 22.3 Å². The Morgan fingerprint density at radius 3 is 2.25 bits per heavy atom. The minimum atomic E-state index is 0. The van der Waals surface area contributed by atoms with Gasteiger partial charge in [0.15, 0.2) is 0 Å². The summed E-state index contributed by atoms with van der Waals surface area (Å²) >= 11 is 0. The number of fused-ring (bicyclic) bond motifs is 3. The van der Waals surface area contributed by atoms with Gasteiger partial charge in [0.05, 0.1) is 5.58 Å². The van der Waals surface area contributed by atoms with Gasteiger partial charge in [-0.1, -0.05) is 41.6 Å². The molecule has 0 aliphatic rings. The number of benzene rings is 2. The van der Waals surface area contributed by atoms with Gasteiger partial charge in [-0.3, -0.25) is 0 Å². The summed E-state index contributed by atoms with van der Waals surface area (Å²) in [6.45, 7) is 8.26. The molecule has 4 nitrogen and oxygen atoms in total. The second-order valence-electron chi connectivity index (χ2n) is 8.71. The number of aromatic nitrogens is 3. The van der Waals surface area contributed by atoms with Gasteiger partial charge in [-0.05, 0) is 55.4 Å². The van der Waals surface area contributed by atoms with Crippen LogP contribution in [-0.2, 0) is 20.1 Å². The molecule has 0 spiro atoms. The molecule has 181 valence electrons. The number of pyridine rings is 3. The van der Waals surface area contributed by atoms with E-state index < -0.39 is 0 Å². The standard InChI is InChI=1S/C17H11N2O.C14H14N.Ir/c1-11-7-8-15(19-10-11)14-5-2-4-12-13-6-3-9-18-17(13)20-16(12)14;1-10-4-6-13(7-5-10)14-8-11(2)12(3)9-15-14;/h2-4,6-10H,1H3;4-6,8-9H,1-3H3;/q2*-1;. The molecular formula is C31H25IrN3O-2. The number of furan rings is 1. The van der Waals surface area contributed by atoms with E-state index in [0.717, 1.165) is 44.4 Å². The third-order valence-electron chi connectivity index (χ3n) is 5.99. The fourth-order valence-corrected chi connectivity index (χ4v) is 3.82. The van der Waals surface area contributed by atoms with Crippen molar-refractivity contribution >= 4 is 22.1 Å². The maximum absolute atomic E-state index is 5.89. The largest absolute Gasteiger partial charge is 0.486 e. The average molecular weight is 648 g/mol. The quantitative estimate of drug-likeness (QED) is 0.182. The van der Waals surface area contributed by atoms with Crippen molar-refractivity contribution in [3.8, 4) is 22.5 Å². The van der Waals surface area contributed by atoms with Crippen molar-refractivity contribution in [1.29, 1.82) is 0 Å². The van der Waals surface area contributed by atoms with E-state index in [0.29, 0.717) is 5.71 Å². The van der Waals surface area contributed by atoms with Crippen LogP contribution in [0.25, 0.3) is 44.6 Å². The summed E-state index contributed by atoms with van der Waals surface area (Å²) in [7, 11) is 0. The van der Waals surface area contributed by atoms with E-state index in [1.807, 2.05) is 61.8 Å². The maximum Gasteiger partial charge on any atom is 0.216 e. The Hall–Kier alpha value is -3.66. The first-order valence-electron chi connectivity index (χ1n) is 11.5. The first-order chi connectivity index (χ1) is 17.0. The van der Waals surface area contributed by atoms with Crippen LogP contribution in [0.2, 0.25) is 0 Å². The summed E-state index contributed by atoms with van der Waals surface area (Å²) in [5, 5.41) is 2.06. The van der Waals surface area contributed by atoms with Crippen molar-refractivity contribution < 1.29 is 24.5 Å². The molecule has 5 heteroatoms. The van der Waals surface area contributed by atoms with E-state index in [9.17, 15) is 0 Å². The number of nitrogens with zero attached hydrogens (tertiary/aromatic N) is 3. The molecule has 1 radical (unpaired) electrons. The Morgan fingerprint density at radius 1 is 0.722 bits per heavy atom. The molecule has 0 saturated heterocycles. The zero-order valence-electron chi connectivity index (χ0n) is 20.6. The number of hydrogen-bond acceptors (Lipinski definition) is 4. The van der Waals surface area contributed by atoms with Gasteiger partial charge in [0.2, 0.25) is 5.71 Å². The van der Waals surface area contributed by atoms with Gasteiger partial charge in [-0.25, -0.2) is 4.98 Å². The minimum Gasteiger partial charge on any atom is -0.486 e. The smallest absolute Gasteiger partial charge is 0.216 e. The molecule has 0 saturated carbocycles. The summed E-state index contributed by atoms with van der Waals surface area (Å²) in [6.07, 6.45) is 5.50. The molecule has 4 aromatic heterocycles. The second-order valence-corrected chi connectivity index (χ2v) is 8.71. The molecule has 36 heavy (non-hydrogen) atoms. The average Bonchev–Trinajstić information content (AvgIpc) is 3.26. The monoisotopic (exact) mass is 648 g/mol. The molecule has 0 N–H and O–H groups in total. The van der Waals surface area contributed by atoms with Crippen LogP contribution in [0.15, 0.2) is 83.7 Å². The van der Waals surface area contributed by atoms with Gasteiger partial charge >= 0.3 is 0 Å². The molecular weight excluding hydrogens is 623 g/mol. The molecule has 6 aromatic rings. The first kappa shape index (κ1) is 25.4. The van der Waals surface area contributed by atoms with E-state index in [1.54, 1.807) is 6.20 Å². The Morgan fingerprint density at radius 2 is 1.53 bits per heavy atom. The summed E-state index contributed by atoms with van der Waals surface area (Å²) in [5.74, 6) is 0.